The number of anilines is 1. The zero-order valence-electron chi connectivity index (χ0n) is 13.4. The summed E-state index contributed by atoms with van der Waals surface area (Å²) in [5, 5.41) is 23.1. The second-order valence-electron chi connectivity index (χ2n) is 6.09. The zero-order chi connectivity index (χ0) is 16.9. The van der Waals surface area contributed by atoms with Crippen molar-refractivity contribution in [1.82, 2.24) is 4.90 Å². The van der Waals surface area contributed by atoms with Gasteiger partial charge in [-0.15, -0.1) is 0 Å². The number of benzene rings is 2. The highest BCUT2D eigenvalue weighted by atomic mass is 35.5. The van der Waals surface area contributed by atoms with Crippen LogP contribution in [0.25, 0.3) is 0 Å². The third-order valence-electron chi connectivity index (χ3n) is 4.31. The summed E-state index contributed by atoms with van der Waals surface area (Å²) in [5.74, 6) is 0. The van der Waals surface area contributed by atoms with Gasteiger partial charge in [-0.2, -0.15) is 5.26 Å². The molecular weight excluding hydrogens is 322 g/mol. The standard InChI is InChI=1S/C19H20ClN3O/c20-17-5-6-19(16(9-17)10-21)22-11-18(24)13-23-8-7-14-3-1-2-4-15(14)12-23/h1-6,9,18,22,24H,7-8,11-13H2. The highest BCUT2D eigenvalue weighted by Gasteiger charge is 2.18. The van der Waals surface area contributed by atoms with Crippen molar-refractivity contribution in [2.24, 2.45) is 0 Å². The Balaban J connectivity index is 1.54. The van der Waals surface area contributed by atoms with E-state index in [9.17, 15) is 5.11 Å². The van der Waals surface area contributed by atoms with Crippen LogP contribution in [-0.4, -0.2) is 35.7 Å². The summed E-state index contributed by atoms with van der Waals surface area (Å²) in [5.41, 5.74) is 3.93. The van der Waals surface area contributed by atoms with E-state index in [0.717, 1.165) is 19.5 Å². The molecule has 1 heterocycles. The summed E-state index contributed by atoms with van der Waals surface area (Å²) in [4.78, 5) is 2.27. The molecule has 0 saturated carbocycles. The van der Waals surface area contributed by atoms with Gasteiger partial charge in [-0.3, -0.25) is 4.90 Å². The van der Waals surface area contributed by atoms with Gasteiger partial charge in [0.25, 0.3) is 0 Å². The molecule has 0 fully saturated rings. The minimum atomic E-state index is -0.502. The van der Waals surface area contributed by atoms with Gasteiger partial charge in [0.2, 0.25) is 0 Å². The average Bonchev–Trinajstić information content (AvgIpc) is 2.60. The number of β-amino-alcohol motifs (C(OH)–C–C–N with tert-alkyl or cyclic N) is 1. The smallest absolute Gasteiger partial charge is 0.101 e. The van der Waals surface area contributed by atoms with Crippen LogP contribution >= 0.6 is 11.6 Å². The van der Waals surface area contributed by atoms with E-state index in [-0.39, 0.29) is 0 Å². The molecule has 124 valence electrons. The van der Waals surface area contributed by atoms with E-state index in [1.807, 2.05) is 0 Å². The number of halogens is 1. The molecule has 0 saturated heterocycles. The molecule has 5 heteroatoms. The number of aliphatic hydroxyl groups excluding tert-OH is 1. The number of fused-ring (bicyclic) bond motifs is 1. The molecular formula is C19H20ClN3O. The predicted octanol–water partition coefficient (Wildman–Crippen LogP) is 3.04. The van der Waals surface area contributed by atoms with Gasteiger partial charge in [-0.05, 0) is 35.7 Å². The fraction of sp³-hybridized carbons (Fsp3) is 0.316. The van der Waals surface area contributed by atoms with Gasteiger partial charge in [0, 0.05) is 31.2 Å². The molecule has 0 bridgehead atoms. The Bertz CT molecular complexity index is 757. The van der Waals surface area contributed by atoms with Crippen LogP contribution in [0.5, 0.6) is 0 Å². The molecule has 0 amide bonds. The minimum absolute atomic E-state index is 0.397. The van der Waals surface area contributed by atoms with Gasteiger partial charge in [0.15, 0.2) is 0 Å². The van der Waals surface area contributed by atoms with E-state index in [2.05, 4.69) is 40.6 Å². The molecule has 0 spiro atoms. The van der Waals surface area contributed by atoms with Gasteiger partial charge in [0.05, 0.1) is 17.4 Å². The number of rotatable bonds is 5. The number of hydrogen-bond donors (Lipinski definition) is 2. The Hall–Kier alpha value is -2.06. The molecule has 1 aliphatic heterocycles. The second-order valence-corrected chi connectivity index (χ2v) is 6.53. The summed E-state index contributed by atoms with van der Waals surface area (Å²) >= 11 is 5.89. The van der Waals surface area contributed by atoms with Gasteiger partial charge < -0.3 is 10.4 Å². The van der Waals surface area contributed by atoms with Crippen molar-refractivity contribution in [2.75, 3.05) is 25.0 Å². The average molecular weight is 342 g/mol. The summed E-state index contributed by atoms with van der Waals surface area (Å²) < 4.78 is 0. The van der Waals surface area contributed by atoms with Crippen molar-refractivity contribution in [3.63, 3.8) is 0 Å². The maximum absolute atomic E-state index is 10.3. The van der Waals surface area contributed by atoms with E-state index in [4.69, 9.17) is 16.9 Å². The topological polar surface area (TPSA) is 59.3 Å². The van der Waals surface area contributed by atoms with E-state index in [0.29, 0.717) is 29.4 Å². The molecule has 1 atom stereocenters. The van der Waals surface area contributed by atoms with Crippen LogP contribution < -0.4 is 5.32 Å². The van der Waals surface area contributed by atoms with E-state index in [1.165, 1.54) is 11.1 Å². The number of nitriles is 1. The summed E-state index contributed by atoms with van der Waals surface area (Å²) in [6, 6.07) is 15.7. The van der Waals surface area contributed by atoms with Crippen molar-refractivity contribution in [3.05, 3.63) is 64.2 Å². The molecule has 2 N–H and O–H groups in total. The predicted molar refractivity (Wildman–Crippen MR) is 96.1 cm³/mol. The van der Waals surface area contributed by atoms with Gasteiger partial charge in [-0.1, -0.05) is 35.9 Å². The van der Waals surface area contributed by atoms with Gasteiger partial charge in [-0.25, -0.2) is 0 Å². The Kier molecular flexibility index (Phi) is 5.37. The van der Waals surface area contributed by atoms with E-state index < -0.39 is 6.10 Å². The molecule has 0 aliphatic carbocycles. The summed E-state index contributed by atoms with van der Waals surface area (Å²) in [7, 11) is 0. The molecule has 0 aromatic heterocycles. The Morgan fingerprint density at radius 1 is 1.25 bits per heavy atom. The lowest BCUT2D eigenvalue weighted by atomic mass is 10.00. The first-order valence-electron chi connectivity index (χ1n) is 8.06. The van der Waals surface area contributed by atoms with Crippen molar-refractivity contribution >= 4 is 17.3 Å². The molecule has 1 aliphatic rings. The Labute approximate surface area is 147 Å². The molecule has 4 nitrogen and oxygen atoms in total. The highest BCUT2D eigenvalue weighted by molar-refractivity contribution is 6.30. The SMILES string of the molecule is N#Cc1cc(Cl)ccc1NCC(O)CN1CCc2ccccc2C1. The third kappa shape index (κ3) is 4.07. The van der Waals surface area contributed by atoms with Crippen LogP contribution in [0.1, 0.15) is 16.7 Å². The first-order chi connectivity index (χ1) is 11.7. The lowest BCUT2D eigenvalue weighted by Crippen LogP contribution is -2.39. The fourth-order valence-corrected chi connectivity index (χ4v) is 3.24. The van der Waals surface area contributed by atoms with Crippen LogP contribution in [0.2, 0.25) is 5.02 Å². The lowest BCUT2D eigenvalue weighted by molar-refractivity contribution is 0.114. The zero-order valence-corrected chi connectivity index (χ0v) is 14.1. The van der Waals surface area contributed by atoms with Crippen molar-refractivity contribution in [1.29, 1.82) is 5.26 Å². The van der Waals surface area contributed by atoms with Crippen LogP contribution in [0.15, 0.2) is 42.5 Å². The third-order valence-corrected chi connectivity index (χ3v) is 4.54. The largest absolute Gasteiger partial charge is 0.390 e. The van der Waals surface area contributed by atoms with E-state index >= 15 is 0 Å². The number of nitrogens with one attached hydrogen (secondary N) is 1. The summed E-state index contributed by atoms with van der Waals surface area (Å²) in [6.07, 6.45) is 0.518. The molecule has 3 rings (SSSR count). The maximum Gasteiger partial charge on any atom is 0.101 e. The molecule has 2 aromatic carbocycles. The second kappa shape index (κ2) is 7.67. The van der Waals surface area contributed by atoms with Crippen LogP contribution in [0.4, 0.5) is 5.69 Å². The summed E-state index contributed by atoms with van der Waals surface area (Å²) in [6.45, 7) is 2.83. The Morgan fingerprint density at radius 2 is 2.04 bits per heavy atom. The van der Waals surface area contributed by atoms with Gasteiger partial charge >= 0.3 is 0 Å². The van der Waals surface area contributed by atoms with Crippen LogP contribution in [-0.2, 0) is 13.0 Å². The highest BCUT2D eigenvalue weighted by Crippen LogP contribution is 2.21. The monoisotopic (exact) mass is 341 g/mol. The van der Waals surface area contributed by atoms with Crippen LogP contribution in [0.3, 0.4) is 0 Å². The van der Waals surface area contributed by atoms with Crippen molar-refractivity contribution < 1.29 is 5.11 Å². The minimum Gasteiger partial charge on any atom is -0.390 e. The van der Waals surface area contributed by atoms with Crippen molar-refractivity contribution in [2.45, 2.75) is 19.1 Å². The van der Waals surface area contributed by atoms with Crippen molar-refractivity contribution in [3.8, 4) is 6.07 Å². The number of aliphatic hydroxyl groups is 1. The first-order valence-corrected chi connectivity index (χ1v) is 8.44. The molecule has 1 unspecified atom stereocenters. The fourth-order valence-electron chi connectivity index (χ4n) is 3.06. The maximum atomic E-state index is 10.3. The molecule has 2 aromatic rings. The van der Waals surface area contributed by atoms with Crippen LogP contribution in [0, 0.1) is 11.3 Å². The normalized spacial score (nSPS) is 15.4. The molecule has 0 radical (unpaired) electrons. The first kappa shape index (κ1) is 16.8. The molecule has 24 heavy (non-hydrogen) atoms. The Morgan fingerprint density at radius 3 is 2.83 bits per heavy atom. The number of hydrogen-bond acceptors (Lipinski definition) is 4. The van der Waals surface area contributed by atoms with Gasteiger partial charge in [0.1, 0.15) is 6.07 Å². The quantitative estimate of drug-likeness (QED) is 0.877. The lowest BCUT2D eigenvalue weighted by Gasteiger charge is -2.30. The van der Waals surface area contributed by atoms with E-state index in [1.54, 1.807) is 18.2 Å². The number of nitrogens with zero attached hydrogens (tertiary/aromatic N) is 2.